The summed E-state index contributed by atoms with van der Waals surface area (Å²) < 4.78 is 5.53. The first-order valence-electron chi connectivity index (χ1n) is 7.64. The number of hydrogen-bond donors (Lipinski definition) is 1. The molecule has 0 aliphatic rings. The fourth-order valence-corrected chi connectivity index (χ4v) is 2.31. The summed E-state index contributed by atoms with van der Waals surface area (Å²) in [4.78, 5) is 12.2. The molecule has 2 aromatic carbocycles. The van der Waals surface area contributed by atoms with E-state index < -0.39 is 0 Å². The molecule has 0 unspecified atom stereocenters. The summed E-state index contributed by atoms with van der Waals surface area (Å²) in [7, 11) is 0. The standard InChI is InChI=1S/C20H18Cl2O3/c1-13(2)9-10-25-16-6-3-14(20(24)12-16)5-8-19(23)15-4-7-17(21)18(22)11-15/h3-8,11-12,24H,1,9-10H2,2H3/b8-5+. The van der Waals surface area contributed by atoms with Gasteiger partial charge in [-0.1, -0.05) is 28.8 Å². The maximum Gasteiger partial charge on any atom is 0.185 e. The number of ketones is 1. The van der Waals surface area contributed by atoms with Gasteiger partial charge in [0, 0.05) is 23.6 Å². The predicted molar refractivity (Wildman–Crippen MR) is 103 cm³/mol. The SMILES string of the molecule is C=C(C)CCOc1ccc(/C=C/C(=O)c2ccc(Cl)c(Cl)c2)c(O)c1. The van der Waals surface area contributed by atoms with Crippen LogP contribution < -0.4 is 4.74 Å². The van der Waals surface area contributed by atoms with E-state index in [-0.39, 0.29) is 11.5 Å². The van der Waals surface area contributed by atoms with Gasteiger partial charge in [0.1, 0.15) is 11.5 Å². The van der Waals surface area contributed by atoms with Crippen molar-refractivity contribution < 1.29 is 14.6 Å². The molecule has 0 spiro atoms. The minimum Gasteiger partial charge on any atom is -0.507 e. The fraction of sp³-hybridized carbons (Fsp3) is 0.150. The quantitative estimate of drug-likeness (QED) is 0.369. The summed E-state index contributed by atoms with van der Waals surface area (Å²) in [5.41, 5.74) is 1.97. The number of rotatable bonds is 7. The van der Waals surface area contributed by atoms with E-state index >= 15 is 0 Å². The third-order valence-electron chi connectivity index (χ3n) is 3.42. The number of phenolic OH excluding ortho intramolecular Hbond substituents is 1. The van der Waals surface area contributed by atoms with Gasteiger partial charge in [-0.15, -0.1) is 6.58 Å². The average molecular weight is 377 g/mol. The summed E-state index contributed by atoms with van der Waals surface area (Å²) in [5, 5.41) is 10.8. The number of phenols is 1. The zero-order chi connectivity index (χ0) is 18.4. The van der Waals surface area contributed by atoms with E-state index in [1.54, 1.807) is 24.3 Å². The predicted octanol–water partition coefficient (Wildman–Crippen LogP) is 5.94. The van der Waals surface area contributed by atoms with Crippen molar-refractivity contribution in [3.63, 3.8) is 0 Å². The second-order valence-electron chi connectivity index (χ2n) is 5.60. The number of allylic oxidation sites excluding steroid dienone is 1. The van der Waals surface area contributed by atoms with Crippen molar-refractivity contribution in [1.82, 2.24) is 0 Å². The molecule has 0 aliphatic carbocycles. The number of carbonyl (C=O) groups excluding carboxylic acids is 1. The highest BCUT2D eigenvalue weighted by molar-refractivity contribution is 6.42. The van der Waals surface area contributed by atoms with Crippen LogP contribution in [0.1, 0.15) is 29.3 Å². The lowest BCUT2D eigenvalue weighted by Gasteiger charge is -2.07. The summed E-state index contributed by atoms with van der Waals surface area (Å²) in [5.74, 6) is 0.359. The van der Waals surface area contributed by atoms with Gasteiger partial charge in [-0.25, -0.2) is 0 Å². The van der Waals surface area contributed by atoms with Crippen molar-refractivity contribution in [2.45, 2.75) is 13.3 Å². The molecule has 2 aromatic rings. The highest BCUT2D eigenvalue weighted by Gasteiger charge is 2.06. The molecule has 0 aromatic heterocycles. The first-order valence-corrected chi connectivity index (χ1v) is 8.40. The van der Waals surface area contributed by atoms with E-state index in [2.05, 4.69) is 6.58 Å². The number of aromatic hydroxyl groups is 1. The normalized spacial score (nSPS) is 10.8. The third-order valence-corrected chi connectivity index (χ3v) is 4.16. The van der Waals surface area contributed by atoms with E-state index in [0.29, 0.717) is 33.5 Å². The number of halogens is 2. The molecule has 2 rings (SSSR count). The largest absolute Gasteiger partial charge is 0.507 e. The average Bonchev–Trinajstić information content (AvgIpc) is 2.56. The topological polar surface area (TPSA) is 46.5 Å². The lowest BCUT2D eigenvalue weighted by Crippen LogP contribution is -1.97. The molecule has 0 radical (unpaired) electrons. The minimum absolute atomic E-state index is 0.0333. The Labute approximate surface area is 157 Å². The van der Waals surface area contributed by atoms with Crippen LogP contribution in [0.3, 0.4) is 0 Å². The van der Waals surface area contributed by atoms with Gasteiger partial charge in [0.15, 0.2) is 5.78 Å². The highest BCUT2D eigenvalue weighted by Crippen LogP contribution is 2.26. The van der Waals surface area contributed by atoms with Gasteiger partial charge < -0.3 is 9.84 Å². The van der Waals surface area contributed by atoms with Crippen LogP contribution in [0.25, 0.3) is 6.08 Å². The van der Waals surface area contributed by atoms with Gasteiger partial charge in [0.25, 0.3) is 0 Å². The van der Waals surface area contributed by atoms with E-state index in [0.717, 1.165) is 12.0 Å². The van der Waals surface area contributed by atoms with Gasteiger partial charge in [0.05, 0.1) is 16.7 Å². The van der Waals surface area contributed by atoms with Crippen LogP contribution in [0.4, 0.5) is 0 Å². The van der Waals surface area contributed by atoms with E-state index in [4.69, 9.17) is 27.9 Å². The Bertz CT molecular complexity index is 826. The van der Waals surface area contributed by atoms with Crippen molar-refractivity contribution in [3.8, 4) is 11.5 Å². The first-order chi connectivity index (χ1) is 11.9. The zero-order valence-electron chi connectivity index (χ0n) is 13.8. The second kappa shape index (κ2) is 8.75. The monoisotopic (exact) mass is 376 g/mol. The maximum absolute atomic E-state index is 12.2. The third kappa shape index (κ3) is 5.66. The van der Waals surface area contributed by atoms with Gasteiger partial charge in [-0.2, -0.15) is 0 Å². The van der Waals surface area contributed by atoms with Crippen LogP contribution in [0.5, 0.6) is 11.5 Å². The lowest BCUT2D eigenvalue weighted by atomic mass is 10.1. The Balaban J connectivity index is 2.06. The molecule has 0 heterocycles. The first kappa shape index (κ1) is 19.1. The molecular formula is C20H18Cl2O3. The zero-order valence-corrected chi connectivity index (χ0v) is 15.3. The molecule has 0 atom stereocenters. The van der Waals surface area contributed by atoms with Crippen molar-refractivity contribution in [2.75, 3.05) is 6.61 Å². The van der Waals surface area contributed by atoms with Crippen LogP contribution in [0, 0.1) is 0 Å². The molecule has 1 N–H and O–H groups in total. The highest BCUT2D eigenvalue weighted by atomic mass is 35.5. The maximum atomic E-state index is 12.2. The summed E-state index contributed by atoms with van der Waals surface area (Å²) in [6.45, 7) is 6.24. The molecule has 130 valence electrons. The molecule has 3 nitrogen and oxygen atoms in total. The van der Waals surface area contributed by atoms with Crippen molar-refractivity contribution in [1.29, 1.82) is 0 Å². The Morgan fingerprint density at radius 3 is 2.60 bits per heavy atom. The van der Waals surface area contributed by atoms with Gasteiger partial charge in [-0.3, -0.25) is 4.79 Å². The van der Waals surface area contributed by atoms with Crippen molar-refractivity contribution in [2.24, 2.45) is 0 Å². The van der Waals surface area contributed by atoms with Crippen LogP contribution in [-0.2, 0) is 0 Å². The molecule has 0 bridgehead atoms. The number of benzene rings is 2. The summed E-state index contributed by atoms with van der Waals surface area (Å²) in [6, 6.07) is 9.61. The van der Waals surface area contributed by atoms with Crippen LogP contribution >= 0.6 is 23.2 Å². The molecule has 5 heteroatoms. The van der Waals surface area contributed by atoms with Gasteiger partial charge >= 0.3 is 0 Å². The molecule has 25 heavy (non-hydrogen) atoms. The Morgan fingerprint density at radius 2 is 1.96 bits per heavy atom. The van der Waals surface area contributed by atoms with Crippen LogP contribution in [-0.4, -0.2) is 17.5 Å². The Kier molecular flexibility index (Phi) is 6.68. The molecule has 0 saturated carbocycles. The molecule has 0 aliphatic heterocycles. The lowest BCUT2D eigenvalue weighted by molar-refractivity contribution is 0.104. The molecule has 0 fully saturated rings. The minimum atomic E-state index is -0.236. The van der Waals surface area contributed by atoms with Crippen molar-refractivity contribution >= 4 is 35.1 Å². The number of ether oxygens (including phenoxy) is 1. The Morgan fingerprint density at radius 1 is 1.20 bits per heavy atom. The van der Waals surface area contributed by atoms with Crippen LogP contribution in [0.2, 0.25) is 10.0 Å². The van der Waals surface area contributed by atoms with Crippen LogP contribution in [0.15, 0.2) is 54.6 Å². The number of hydrogen-bond acceptors (Lipinski definition) is 3. The smallest absolute Gasteiger partial charge is 0.185 e. The Hall–Kier alpha value is -2.23. The summed E-state index contributed by atoms with van der Waals surface area (Å²) in [6.07, 6.45) is 3.66. The molecule has 0 amide bonds. The van der Waals surface area contributed by atoms with E-state index in [1.165, 1.54) is 24.3 Å². The van der Waals surface area contributed by atoms with E-state index in [1.807, 2.05) is 6.92 Å². The number of carbonyl (C=O) groups is 1. The molecule has 0 saturated heterocycles. The fourth-order valence-electron chi connectivity index (χ4n) is 2.01. The van der Waals surface area contributed by atoms with E-state index in [9.17, 15) is 9.90 Å². The second-order valence-corrected chi connectivity index (χ2v) is 6.42. The summed E-state index contributed by atoms with van der Waals surface area (Å²) >= 11 is 11.7. The molecular weight excluding hydrogens is 359 g/mol. The van der Waals surface area contributed by atoms with Crippen molar-refractivity contribution in [3.05, 3.63) is 75.8 Å². The van der Waals surface area contributed by atoms with Gasteiger partial charge in [-0.05, 0) is 49.4 Å². The van der Waals surface area contributed by atoms with Gasteiger partial charge in [0.2, 0.25) is 0 Å².